The third-order valence-corrected chi connectivity index (χ3v) is 7.33. The minimum absolute atomic E-state index is 0.0128. The first-order chi connectivity index (χ1) is 15.2. The van der Waals surface area contributed by atoms with Gasteiger partial charge in [-0.05, 0) is 71.0 Å². The standard InChI is InChI=1S/C23H32IN5O2S/c1-23(2,3)19(27-21(31)26-18-7-5-17(24)6-8-18)20(30)28-11-9-16(10-12-28)15-29-13-14-32-22(29)25-4/h5-8,13-14,16,19H,9-12,15H2,1-4H3,(H2,26,27,31)/b25-22-/t19-/m0/s1. The number of anilines is 1. The Kier molecular flexibility index (Phi) is 8.37. The zero-order valence-electron chi connectivity index (χ0n) is 19.1. The van der Waals surface area contributed by atoms with E-state index in [0.29, 0.717) is 24.7 Å². The van der Waals surface area contributed by atoms with Crippen LogP contribution in [0.25, 0.3) is 0 Å². The number of amides is 3. The van der Waals surface area contributed by atoms with Crippen LogP contribution in [-0.2, 0) is 11.3 Å². The summed E-state index contributed by atoms with van der Waals surface area (Å²) in [6, 6.07) is 6.60. The number of thiazole rings is 1. The second-order valence-corrected chi connectivity index (χ2v) is 11.4. The number of hydrogen-bond donors (Lipinski definition) is 2. The summed E-state index contributed by atoms with van der Waals surface area (Å²) in [5.74, 6) is 0.505. The van der Waals surface area contributed by atoms with Crippen LogP contribution in [0.2, 0.25) is 0 Å². The van der Waals surface area contributed by atoms with Crippen molar-refractivity contribution in [1.82, 2.24) is 14.8 Å². The molecule has 1 aromatic heterocycles. The van der Waals surface area contributed by atoms with Gasteiger partial charge in [0.15, 0.2) is 4.80 Å². The lowest BCUT2D eigenvalue weighted by molar-refractivity contribution is -0.137. The molecule has 7 nitrogen and oxygen atoms in total. The fraction of sp³-hybridized carbons (Fsp3) is 0.522. The molecule has 1 atom stereocenters. The molecule has 0 bridgehead atoms. The summed E-state index contributed by atoms with van der Waals surface area (Å²) in [5, 5.41) is 7.82. The second kappa shape index (κ2) is 10.8. The number of rotatable bonds is 5. The molecule has 1 saturated heterocycles. The first kappa shape index (κ1) is 24.8. The molecule has 1 aliphatic rings. The molecule has 0 radical (unpaired) electrons. The van der Waals surface area contributed by atoms with E-state index in [2.05, 4.69) is 54.4 Å². The maximum Gasteiger partial charge on any atom is 0.319 e. The third kappa shape index (κ3) is 6.57. The molecule has 9 heteroatoms. The van der Waals surface area contributed by atoms with Gasteiger partial charge in [0.1, 0.15) is 6.04 Å². The van der Waals surface area contributed by atoms with Gasteiger partial charge in [-0.25, -0.2) is 4.79 Å². The Balaban J connectivity index is 1.59. The highest BCUT2D eigenvalue weighted by Gasteiger charge is 2.37. The van der Waals surface area contributed by atoms with E-state index in [9.17, 15) is 9.59 Å². The quantitative estimate of drug-likeness (QED) is 0.531. The van der Waals surface area contributed by atoms with Gasteiger partial charge in [0, 0.05) is 47.5 Å². The largest absolute Gasteiger partial charge is 0.341 e. The lowest BCUT2D eigenvalue weighted by Crippen LogP contribution is -2.56. The minimum Gasteiger partial charge on any atom is -0.341 e. The van der Waals surface area contributed by atoms with E-state index in [0.717, 1.165) is 27.8 Å². The van der Waals surface area contributed by atoms with Gasteiger partial charge in [-0.1, -0.05) is 20.8 Å². The van der Waals surface area contributed by atoms with Crippen LogP contribution < -0.4 is 15.4 Å². The maximum atomic E-state index is 13.4. The molecular formula is C23H32IN5O2S. The molecule has 1 fully saturated rings. The highest BCUT2D eigenvalue weighted by molar-refractivity contribution is 14.1. The predicted molar refractivity (Wildman–Crippen MR) is 138 cm³/mol. The number of halogens is 1. The van der Waals surface area contributed by atoms with Gasteiger partial charge < -0.3 is 20.1 Å². The molecule has 0 saturated carbocycles. The molecule has 3 amide bonds. The fourth-order valence-corrected chi connectivity index (χ4v) is 4.96. The number of aromatic nitrogens is 1. The third-order valence-electron chi connectivity index (χ3n) is 5.72. The summed E-state index contributed by atoms with van der Waals surface area (Å²) < 4.78 is 3.29. The van der Waals surface area contributed by atoms with Gasteiger partial charge in [-0.15, -0.1) is 11.3 Å². The van der Waals surface area contributed by atoms with Crippen molar-refractivity contribution in [3.05, 3.63) is 44.2 Å². The van der Waals surface area contributed by atoms with E-state index in [1.807, 2.05) is 57.0 Å². The SMILES string of the molecule is C/N=c1\sccn1CC1CCN(C(=O)[C@H](NC(=O)Nc2ccc(I)cc2)C(C)(C)C)CC1. The van der Waals surface area contributed by atoms with Crippen molar-refractivity contribution in [3.63, 3.8) is 0 Å². The lowest BCUT2D eigenvalue weighted by atomic mass is 9.85. The number of urea groups is 1. The van der Waals surface area contributed by atoms with Crippen molar-refractivity contribution < 1.29 is 9.59 Å². The van der Waals surface area contributed by atoms with Crippen LogP contribution in [0.15, 0.2) is 40.8 Å². The maximum absolute atomic E-state index is 13.4. The highest BCUT2D eigenvalue weighted by atomic mass is 127. The average Bonchev–Trinajstić information content (AvgIpc) is 3.20. The Morgan fingerprint density at radius 1 is 1.22 bits per heavy atom. The molecule has 3 rings (SSSR count). The summed E-state index contributed by atoms with van der Waals surface area (Å²) >= 11 is 3.86. The zero-order valence-corrected chi connectivity index (χ0v) is 22.1. The summed E-state index contributed by atoms with van der Waals surface area (Å²) in [4.78, 5) is 33.2. The van der Waals surface area contributed by atoms with Crippen LogP contribution >= 0.6 is 33.9 Å². The van der Waals surface area contributed by atoms with E-state index in [1.54, 1.807) is 11.3 Å². The van der Waals surface area contributed by atoms with Crippen molar-refractivity contribution in [3.8, 4) is 0 Å². The molecule has 1 aliphatic heterocycles. The molecular weight excluding hydrogens is 537 g/mol. The van der Waals surface area contributed by atoms with Crippen molar-refractivity contribution in [2.75, 3.05) is 25.5 Å². The van der Waals surface area contributed by atoms with Crippen molar-refractivity contribution >= 4 is 51.6 Å². The van der Waals surface area contributed by atoms with Crippen LogP contribution in [0.1, 0.15) is 33.6 Å². The average molecular weight is 570 g/mol. The van der Waals surface area contributed by atoms with Crippen molar-refractivity contribution in [2.24, 2.45) is 16.3 Å². The van der Waals surface area contributed by atoms with Crippen LogP contribution in [-0.4, -0.2) is 47.6 Å². The van der Waals surface area contributed by atoms with E-state index in [1.165, 1.54) is 0 Å². The Morgan fingerprint density at radius 3 is 2.47 bits per heavy atom. The molecule has 0 unspecified atom stereocenters. The number of nitrogens with zero attached hydrogens (tertiary/aromatic N) is 3. The first-order valence-corrected chi connectivity index (χ1v) is 12.8. The summed E-state index contributed by atoms with van der Waals surface area (Å²) in [7, 11) is 1.82. The first-order valence-electron chi connectivity index (χ1n) is 10.9. The summed E-state index contributed by atoms with van der Waals surface area (Å²) in [6.45, 7) is 8.29. The molecule has 2 aromatic rings. The molecule has 32 heavy (non-hydrogen) atoms. The fourth-order valence-electron chi connectivity index (χ4n) is 3.89. The predicted octanol–water partition coefficient (Wildman–Crippen LogP) is 4.16. The number of benzene rings is 1. The molecule has 0 aliphatic carbocycles. The monoisotopic (exact) mass is 569 g/mol. The number of carbonyl (C=O) groups is 2. The summed E-state index contributed by atoms with van der Waals surface area (Å²) in [6.07, 6.45) is 3.98. The van der Waals surface area contributed by atoms with Gasteiger partial charge in [0.2, 0.25) is 5.91 Å². The van der Waals surface area contributed by atoms with E-state index < -0.39 is 11.5 Å². The molecule has 0 spiro atoms. The van der Waals surface area contributed by atoms with Gasteiger partial charge >= 0.3 is 6.03 Å². The smallest absolute Gasteiger partial charge is 0.319 e. The Labute approximate surface area is 207 Å². The van der Waals surface area contributed by atoms with Crippen molar-refractivity contribution in [2.45, 2.75) is 46.2 Å². The molecule has 174 valence electrons. The van der Waals surface area contributed by atoms with Gasteiger partial charge in [-0.3, -0.25) is 9.79 Å². The Hall–Kier alpha value is -1.88. The van der Waals surface area contributed by atoms with Crippen LogP contribution in [0, 0.1) is 14.9 Å². The molecule has 1 aromatic carbocycles. The van der Waals surface area contributed by atoms with Crippen LogP contribution in [0.5, 0.6) is 0 Å². The van der Waals surface area contributed by atoms with Crippen LogP contribution in [0.4, 0.5) is 10.5 Å². The Bertz CT molecular complexity index is 985. The molecule has 2 N–H and O–H groups in total. The number of carbonyl (C=O) groups excluding carboxylic acids is 2. The van der Waals surface area contributed by atoms with E-state index >= 15 is 0 Å². The number of nitrogens with one attached hydrogen (secondary N) is 2. The van der Waals surface area contributed by atoms with Gasteiger partial charge in [0.25, 0.3) is 0 Å². The normalized spacial score (nSPS) is 16.7. The minimum atomic E-state index is -0.598. The zero-order chi connectivity index (χ0) is 23.3. The number of piperidine rings is 1. The van der Waals surface area contributed by atoms with E-state index in [4.69, 9.17) is 0 Å². The number of likely N-dealkylation sites (tertiary alicyclic amines) is 1. The van der Waals surface area contributed by atoms with Crippen molar-refractivity contribution in [1.29, 1.82) is 0 Å². The van der Waals surface area contributed by atoms with Gasteiger partial charge in [0.05, 0.1) is 0 Å². The van der Waals surface area contributed by atoms with Crippen LogP contribution in [0.3, 0.4) is 0 Å². The highest BCUT2D eigenvalue weighted by Crippen LogP contribution is 2.25. The van der Waals surface area contributed by atoms with E-state index in [-0.39, 0.29) is 11.9 Å². The van der Waals surface area contributed by atoms with Gasteiger partial charge in [-0.2, -0.15) is 0 Å². The Morgan fingerprint density at radius 2 is 1.88 bits per heavy atom. The number of hydrogen-bond acceptors (Lipinski definition) is 4. The lowest BCUT2D eigenvalue weighted by Gasteiger charge is -2.38. The molecule has 2 heterocycles. The second-order valence-electron chi connectivity index (χ2n) is 9.23. The topological polar surface area (TPSA) is 78.7 Å². The summed E-state index contributed by atoms with van der Waals surface area (Å²) in [5.41, 5.74) is 0.300.